The topological polar surface area (TPSA) is 30.0 Å². The highest BCUT2D eigenvalue weighted by atomic mass is 32.1. The SMILES string of the molecule is Cc1nc(P(=O)(c2ccccc2)c2ccccc2)cs1. The Labute approximate surface area is 122 Å². The van der Waals surface area contributed by atoms with Crippen molar-refractivity contribution >= 4 is 34.5 Å². The van der Waals surface area contributed by atoms with Crippen LogP contribution in [-0.4, -0.2) is 4.98 Å². The predicted molar refractivity (Wildman–Crippen MR) is 86.2 cm³/mol. The van der Waals surface area contributed by atoms with Crippen LogP contribution in [0.25, 0.3) is 0 Å². The second kappa shape index (κ2) is 5.35. The van der Waals surface area contributed by atoms with Crippen LogP contribution in [0.3, 0.4) is 0 Å². The first-order valence-corrected chi connectivity index (χ1v) is 8.94. The molecule has 0 fully saturated rings. The van der Waals surface area contributed by atoms with Gasteiger partial charge in [-0.2, -0.15) is 0 Å². The molecule has 2 aromatic carbocycles. The van der Waals surface area contributed by atoms with E-state index in [0.29, 0.717) is 5.44 Å². The third-order valence-electron chi connectivity index (χ3n) is 3.17. The zero-order chi connectivity index (χ0) is 14.0. The van der Waals surface area contributed by atoms with E-state index in [1.807, 2.05) is 73.0 Å². The summed E-state index contributed by atoms with van der Waals surface area (Å²) < 4.78 is 13.8. The van der Waals surface area contributed by atoms with Crippen molar-refractivity contribution in [3.05, 3.63) is 71.1 Å². The quantitative estimate of drug-likeness (QED) is 0.696. The maximum atomic E-state index is 13.8. The van der Waals surface area contributed by atoms with Crippen molar-refractivity contribution in [3.63, 3.8) is 0 Å². The van der Waals surface area contributed by atoms with Crippen molar-refractivity contribution in [2.75, 3.05) is 0 Å². The lowest BCUT2D eigenvalue weighted by Gasteiger charge is -2.17. The van der Waals surface area contributed by atoms with Gasteiger partial charge in [0.15, 0.2) is 7.14 Å². The molecule has 2 nitrogen and oxygen atoms in total. The first-order chi connectivity index (χ1) is 9.71. The van der Waals surface area contributed by atoms with Gasteiger partial charge in [-0.1, -0.05) is 60.7 Å². The van der Waals surface area contributed by atoms with E-state index < -0.39 is 7.14 Å². The van der Waals surface area contributed by atoms with Crippen molar-refractivity contribution in [1.29, 1.82) is 0 Å². The Morgan fingerprint density at radius 3 is 1.80 bits per heavy atom. The van der Waals surface area contributed by atoms with Gasteiger partial charge < -0.3 is 4.57 Å². The van der Waals surface area contributed by atoms with Crippen molar-refractivity contribution in [1.82, 2.24) is 4.98 Å². The fourth-order valence-corrected chi connectivity index (χ4v) is 5.79. The van der Waals surface area contributed by atoms with Crippen LogP contribution in [-0.2, 0) is 4.57 Å². The third kappa shape index (κ3) is 2.24. The summed E-state index contributed by atoms with van der Waals surface area (Å²) in [5, 5.41) is 4.51. The minimum atomic E-state index is -2.86. The van der Waals surface area contributed by atoms with Gasteiger partial charge in [0, 0.05) is 16.0 Å². The van der Waals surface area contributed by atoms with Crippen LogP contribution in [0.4, 0.5) is 0 Å². The van der Waals surface area contributed by atoms with Crippen molar-refractivity contribution in [2.24, 2.45) is 0 Å². The van der Waals surface area contributed by atoms with Crippen LogP contribution in [0.1, 0.15) is 5.01 Å². The lowest BCUT2D eigenvalue weighted by atomic mass is 10.4. The van der Waals surface area contributed by atoms with E-state index in [1.54, 1.807) is 0 Å². The van der Waals surface area contributed by atoms with E-state index in [0.717, 1.165) is 15.6 Å². The Kier molecular flexibility index (Phi) is 3.56. The molecule has 1 aromatic heterocycles. The van der Waals surface area contributed by atoms with Crippen LogP contribution < -0.4 is 16.0 Å². The number of thiazole rings is 1. The molecule has 3 aromatic rings. The molecule has 0 bridgehead atoms. The average molecular weight is 299 g/mol. The Balaban J connectivity index is 2.26. The number of benzene rings is 2. The lowest BCUT2D eigenvalue weighted by Crippen LogP contribution is -2.25. The predicted octanol–water partition coefficient (Wildman–Crippen LogP) is 3.09. The van der Waals surface area contributed by atoms with Gasteiger partial charge >= 0.3 is 0 Å². The van der Waals surface area contributed by atoms with Crippen LogP contribution in [0.15, 0.2) is 66.0 Å². The Morgan fingerprint density at radius 2 is 1.40 bits per heavy atom. The lowest BCUT2D eigenvalue weighted by molar-refractivity contribution is 0.592. The third-order valence-corrected chi connectivity index (χ3v) is 7.04. The van der Waals surface area contributed by atoms with Crippen LogP contribution in [0, 0.1) is 6.92 Å². The van der Waals surface area contributed by atoms with E-state index in [1.165, 1.54) is 11.3 Å². The summed E-state index contributed by atoms with van der Waals surface area (Å²) in [5.74, 6) is 0. The molecule has 100 valence electrons. The van der Waals surface area contributed by atoms with E-state index in [2.05, 4.69) is 4.98 Å². The van der Waals surface area contributed by atoms with Gasteiger partial charge in [0.05, 0.1) is 5.01 Å². The minimum Gasteiger partial charge on any atom is -0.307 e. The molecule has 0 aliphatic carbocycles. The van der Waals surface area contributed by atoms with Crippen LogP contribution >= 0.6 is 18.5 Å². The molecular formula is C16H14NOPS. The van der Waals surface area contributed by atoms with E-state index >= 15 is 0 Å². The number of hydrogen-bond acceptors (Lipinski definition) is 3. The molecule has 0 N–H and O–H groups in total. The number of aryl methyl sites for hydroxylation is 1. The van der Waals surface area contributed by atoms with Gasteiger partial charge in [-0.15, -0.1) is 11.3 Å². The smallest absolute Gasteiger partial charge is 0.189 e. The number of rotatable bonds is 3. The summed E-state index contributed by atoms with van der Waals surface area (Å²) in [6.45, 7) is 1.94. The summed E-state index contributed by atoms with van der Waals surface area (Å²) in [5.41, 5.74) is 0.678. The molecule has 20 heavy (non-hydrogen) atoms. The largest absolute Gasteiger partial charge is 0.307 e. The summed E-state index contributed by atoms with van der Waals surface area (Å²) in [7, 11) is -2.86. The molecular weight excluding hydrogens is 285 g/mol. The van der Waals surface area contributed by atoms with Crippen molar-refractivity contribution in [2.45, 2.75) is 6.92 Å². The molecule has 1 heterocycles. The standard InChI is InChI=1S/C16H14NOPS/c1-13-17-16(12-20-13)19(18,14-8-4-2-5-9-14)15-10-6-3-7-11-15/h2-12H,1H3. The van der Waals surface area contributed by atoms with Gasteiger partial charge in [0.25, 0.3) is 0 Å². The Bertz CT molecular complexity index is 709. The zero-order valence-corrected chi connectivity index (χ0v) is 12.8. The molecule has 0 radical (unpaired) electrons. The second-order valence-corrected chi connectivity index (χ2v) is 8.28. The summed E-state index contributed by atoms with van der Waals surface area (Å²) in [6, 6.07) is 19.2. The first-order valence-electron chi connectivity index (χ1n) is 6.35. The number of aromatic nitrogens is 1. The van der Waals surface area contributed by atoms with Crippen LogP contribution in [0.2, 0.25) is 0 Å². The summed E-state index contributed by atoms with van der Waals surface area (Å²) in [6.07, 6.45) is 0. The average Bonchev–Trinajstić information content (AvgIpc) is 2.95. The molecule has 0 spiro atoms. The van der Waals surface area contributed by atoms with Gasteiger partial charge in [0.2, 0.25) is 0 Å². The van der Waals surface area contributed by atoms with Gasteiger partial charge in [0.1, 0.15) is 5.44 Å². The van der Waals surface area contributed by atoms with Crippen molar-refractivity contribution in [3.8, 4) is 0 Å². The maximum Gasteiger partial charge on any atom is 0.189 e. The highest BCUT2D eigenvalue weighted by molar-refractivity contribution is 7.85. The molecule has 0 unspecified atom stereocenters. The normalized spacial score (nSPS) is 11.4. The number of nitrogens with zero attached hydrogens (tertiary/aromatic N) is 1. The van der Waals surface area contributed by atoms with Gasteiger partial charge in [-0.05, 0) is 6.92 Å². The summed E-state index contributed by atoms with van der Waals surface area (Å²) in [4.78, 5) is 4.49. The molecule has 0 aliphatic heterocycles. The Hall–Kier alpha value is -1.70. The molecule has 0 amide bonds. The summed E-state index contributed by atoms with van der Waals surface area (Å²) >= 11 is 1.54. The molecule has 4 heteroatoms. The Morgan fingerprint density at radius 1 is 0.900 bits per heavy atom. The zero-order valence-electron chi connectivity index (χ0n) is 11.1. The monoisotopic (exact) mass is 299 g/mol. The molecule has 0 aliphatic rings. The maximum absolute atomic E-state index is 13.8. The van der Waals surface area contributed by atoms with E-state index in [-0.39, 0.29) is 0 Å². The molecule has 0 saturated carbocycles. The molecule has 0 atom stereocenters. The fraction of sp³-hybridized carbons (Fsp3) is 0.0625. The fourth-order valence-electron chi connectivity index (χ4n) is 2.19. The van der Waals surface area contributed by atoms with Gasteiger partial charge in [-0.3, -0.25) is 0 Å². The van der Waals surface area contributed by atoms with Gasteiger partial charge in [-0.25, -0.2) is 4.98 Å². The van der Waals surface area contributed by atoms with Crippen molar-refractivity contribution < 1.29 is 4.57 Å². The van der Waals surface area contributed by atoms with E-state index in [4.69, 9.17) is 0 Å². The highest BCUT2D eigenvalue weighted by Gasteiger charge is 2.31. The van der Waals surface area contributed by atoms with Crippen LogP contribution in [0.5, 0.6) is 0 Å². The minimum absolute atomic E-state index is 0.678. The highest BCUT2D eigenvalue weighted by Crippen LogP contribution is 2.42. The first kappa shape index (κ1) is 13.3. The van der Waals surface area contributed by atoms with E-state index in [9.17, 15) is 4.57 Å². The molecule has 0 saturated heterocycles. The molecule has 3 rings (SSSR count). The second-order valence-electron chi connectivity index (χ2n) is 4.51. The number of hydrogen-bond donors (Lipinski definition) is 0.